The summed E-state index contributed by atoms with van der Waals surface area (Å²) < 4.78 is 2.07. The zero-order valence-electron chi connectivity index (χ0n) is 12.6. The number of aromatic nitrogens is 4. The fraction of sp³-hybridized carbons (Fsp3) is 0.462. The Morgan fingerprint density at radius 1 is 1.45 bits per heavy atom. The summed E-state index contributed by atoms with van der Waals surface area (Å²) in [5.74, 6) is 0.740. The van der Waals surface area contributed by atoms with E-state index in [1.165, 1.54) is 28.3 Å². The van der Waals surface area contributed by atoms with Gasteiger partial charge in [0.1, 0.15) is 6.54 Å². The molecule has 7 nitrogen and oxygen atoms in total. The van der Waals surface area contributed by atoms with Crippen LogP contribution in [-0.2, 0) is 11.3 Å². The van der Waals surface area contributed by atoms with Crippen LogP contribution >= 0.6 is 23.1 Å². The van der Waals surface area contributed by atoms with E-state index in [1.807, 2.05) is 20.8 Å². The summed E-state index contributed by atoms with van der Waals surface area (Å²) in [7, 11) is 0. The highest BCUT2D eigenvalue weighted by Gasteiger charge is 2.10. The van der Waals surface area contributed by atoms with E-state index >= 15 is 0 Å². The summed E-state index contributed by atoms with van der Waals surface area (Å²) in [6, 6.07) is 1.46. The van der Waals surface area contributed by atoms with E-state index in [-0.39, 0.29) is 23.9 Å². The highest BCUT2D eigenvalue weighted by atomic mass is 32.2. The topological polar surface area (TPSA) is 89.8 Å². The second kappa shape index (κ2) is 7.50. The molecule has 22 heavy (non-hydrogen) atoms. The van der Waals surface area contributed by atoms with E-state index in [0.29, 0.717) is 10.8 Å². The van der Waals surface area contributed by atoms with Crippen LogP contribution in [0.2, 0.25) is 0 Å². The standard InChI is InChI=1S/C13H17N5O2S2/c1-4-21-13-17-16-12(22-13)15-10(19)6-18-7-14-9(8(2)3)5-11(18)20/h5,7-8H,4,6H2,1-3H3,(H,15,16,19). The quantitative estimate of drug-likeness (QED) is 0.639. The van der Waals surface area contributed by atoms with Gasteiger partial charge in [-0.1, -0.05) is 43.9 Å². The number of nitrogens with zero attached hydrogens (tertiary/aromatic N) is 4. The minimum atomic E-state index is -0.328. The number of carbonyl (C=O) groups excluding carboxylic acids is 1. The number of anilines is 1. The smallest absolute Gasteiger partial charge is 0.254 e. The maximum Gasteiger partial charge on any atom is 0.254 e. The predicted octanol–water partition coefficient (Wildman–Crippen LogP) is 1.97. The molecule has 118 valence electrons. The lowest BCUT2D eigenvalue weighted by Gasteiger charge is -2.07. The summed E-state index contributed by atoms with van der Waals surface area (Å²) in [5.41, 5.74) is 0.473. The van der Waals surface area contributed by atoms with E-state index in [0.717, 1.165) is 10.1 Å². The Morgan fingerprint density at radius 2 is 2.23 bits per heavy atom. The number of thioether (sulfide) groups is 1. The van der Waals surface area contributed by atoms with Crippen LogP contribution in [0.1, 0.15) is 32.4 Å². The molecule has 0 radical (unpaired) electrons. The van der Waals surface area contributed by atoms with Gasteiger partial charge in [-0.05, 0) is 11.7 Å². The summed E-state index contributed by atoms with van der Waals surface area (Å²) in [6.45, 7) is 5.84. The summed E-state index contributed by atoms with van der Waals surface area (Å²) in [4.78, 5) is 28.1. The van der Waals surface area contributed by atoms with E-state index in [1.54, 1.807) is 11.8 Å². The van der Waals surface area contributed by atoms with Gasteiger partial charge in [0.25, 0.3) is 5.56 Å². The molecule has 0 unspecified atom stereocenters. The Balaban J connectivity index is 2.01. The molecule has 0 aliphatic rings. The van der Waals surface area contributed by atoms with Crippen molar-refractivity contribution in [3.8, 4) is 0 Å². The van der Waals surface area contributed by atoms with Crippen molar-refractivity contribution in [1.82, 2.24) is 19.7 Å². The summed E-state index contributed by atoms with van der Waals surface area (Å²) in [5, 5.41) is 10.9. The number of nitrogens with one attached hydrogen (secondary N) is 1. The van der Waals surface area contributed by atoms with E-state index in [4.69, 9.17) is 0 Å². The van der Waals surface area contributed by atoms with Gasteiger partial charge in [-0.3, -0.25) is 19.5 Å². The lowest BCUT2D eigenvalue weighted by atomic mass is 10.1. The van der Waals surface area contributed by atoms with Gasteiger partial charge in [0, 0.05) is 6.07 Å². The lowest BCUT2D eigenvalue weighted by Crippen LogP contribution is -2.28. The van der Waals surface area contributed by atoms with Crippen molar-refractivity contribution in [3.05, 3.63) is 28.4 Å². The Kier molecular flexibility index (Phi) is 5.67. The SMILES string of the molecule is CCSc1nnc(NC(=O)Cn2cnc(C(C)C)cc2=O)s1. The maximum atomic E-state index is 12.0. The molecule has 0 aromatic carbocycles. The number of hydrogen-bond donors (Lipinski definition) is 1. The Labute approximate surface area is 136 Å². The van der Waals surface area contributed by atoms with E-state index in [2.05, 4.69) is 20.5 Å². The molecular formula is C13H17N5O2S2. The fourth-order valence-electron chi connectivity index (χ4n) is 1.63. The molecule has 0 aliphatic carbocycles. The molecule has 2 aromatic rings. The zero-order valence-corrected chi connectivity index (χ0v) is 14.2. The minimum Gasteiger partial charge on any atom is -0.299 e. The molecule has 0 atom stereocenters. The average Bonchev–Trinajstić information content (AvgIpc) is 2.88. The molecule has 1 amide bonds. The zero-order chi connectivity index (χ0) is 16.1. The first-order valence-electron chi connectivity index (χ1n) is 6.82. The highest BCUT2D eigenvalue weighted by molar-refractivity contribution is 8.01. The predicted molar refractivity (Wildman–Crippen MR) is 87.5 cm³/mol. The molecule has 2 rings (SSSR count). The van der Waals surface area contributed by atoms with Crippen LogP contribution in [0.25, 0.3) is 0 Å². The average molecular weight is 339 g/mol. The van der Waals surface area contributed by atoms with Crippen LogP contribution in [0.4, 0.5) is 5.13 Å². The van der Waals surface area contributed by atoms with E-state index in [9.17, 15) is 9.59 Å². The molecule has 2 aromatic heterocycles. The Morgan fingerprint density at radius 3 is 2.86 bits per heavy atom. The third-order valence-corrected chi connectivity index (χ3v) is 4.58. The van der Waals surface area contributed by atoms with Crippen molar-refractivity contribution in [2.75, 3.05) is 11.1 Å². The fourth-order valence-corrected chi connectivity index (χ4v) is 3.30. The normalized spacial score (nSPS) is 10.9. The van der Waals surface area contributed by atoms with Crippen molar-refractivity contribution in [1.29, 1.82) is 0 Å². The van der Waals surface area contributed by atoms with Gasteiger partial charge < -0.3 is 0 Å². The molecule has 0 fully saturated rings. The van der Waals surface area contributed by atoms with Crippen molar-refractivity contribution >= 4 is 34.1 Å². The van der Waals surface area contributed by atoms with Crippen LogP contribution in [-0.4, -0.2) is 31.4 Å². The van der Waals surface area contributed by atoms with Crippen LogP contribution in [0, 0.1) is 0 Å². The van der Waals surface area contributed by atoms with Crippen molar-refractivity contribution in [2.45, 2.75) is 37.6 Å². The molecule has 2 heterocycles. The lowest BCUT2D eigenvalue weighted by molar-refractivity contribution is -0.116. The largest absolute Gasteiger partial charge is 0.299 e. The second-order valence-corrected chi connectivity index (χ2v) is 7.28. The van der Waals surface area contributed by atoms with Gasteiger partial charge in [0.2, 0.25) is 11.0 Å². The number of amides is 1. The first kappa shape index (κ1) is 16.6. The van der Waals surface area contributed by atoms with Crippen molar-refractivity contribution in [3.63, 3.8) is 0 Å². The van der Waals surface area contributed by atoms with Gasteiger partial charge in [0.05, 0.1) is 12.0 Å². The maximum absolute atomic E-state index is 12.0. The van der Waals surface area contributed by atoms with Gasteiger partial charge in [0.15, 0.2) is 4.34 Å². The third kappa shape index (κ3) is 4.38. The van der Waals surface area contributed by atoms with Gasteiger partial charge in [-0.15, -0.1) is 10.2 Å². The monoisotopic (exact) mass is 339 g/mol. The Bertz CT molecular complexity index is 710. The molecule has 0 bridgehead atoms. The number of rotatable bonds is 6. The first-order chi connectivity index (χ1) is 10.5. The van der Waals surface area contributed by atoms with Gasteiger partial charge >= 0.3 is 0 Å². The van der Waals surface area contributed by atoms with E-state index < -0.39 is 0 Å². The molecular weight excluding hydrogens is 322 g/mol. The van der Waals surface area contributed by atoms with Crippen molar-refractivity contribution < 1.29 is 4.79 Å². The second-order valence-electron chi connectivity index (χ2n) is 4.79. The summed E-state index contributed by atoms with van der Waals surface area (Å²) >= 11 is 2.87. The van der Waals surface area contributed by atoms with Crippen LogP contribution in [0.5, 0.6) is 0 Å². The third-order valence-electron chi connectivity index (χ3n) is 2.73. The number of hydrogen-bond acceptors (Lipinski definition) is 7. The highest BCUT2D eigenvalue weighted by Crippen LogP contribution is 2.24. The van der Waals surface area contributed by atoms with Crippen LogP contribution in [0.3, 0.4) is 0 Å². The van der Waals surface area contributed by atoms with Crippen LogP contribution in [0.15, 0.2) is 21.5 Å². The summed E-state index contributed by atoms with van der Waals surface area (Å²) in [6.07, 6.45) is 1.40. The first-order valence-corrected chi connectivity index (χ1v) is 8.62. The molecule has 0 saturated carbocycles. The molecule has 0 spiro atoms. The van der Waals surface area contributed by atoms with Crippen LogP contribution < -0.4 is 10.9 Å². The molecule has 0 saturated heterocycles. The number of carbonyl (C=O) groups is 1. The van der Waals surface area contributed by atoms with Crippen molar-refractivity contribution in [2.24, 2.45) is 0 Å². The van der Waals surface area contributed by atoms with Gasteiger partial charge in [-0.25, -0.2) is 4.98 Å². The van der Waals surface area contributed by atoms with Gasteiger partial charge in [-0.2, -0.15) is 0 Å². The minimum absolute atomic E-state index is 0.0972. The molecule has 1 N–H and O–H groups in total. The Hall–Kier alpha value is -1.74. The molecule has 0 aliphatic heterocycles. The molecule has 9 heteroatoms.